The maximum Gasteiger partial charge on any atom is 0.415 e. The lowest BCUT2D eigenvalue weighted by Gasteiger charge is -2.24. The fraction of sp³-hybridized carbons (Fsp3) is 0.263. The van der Waals surface area contributed by atoms with Crippen LogP contribution < -0.4 is 10.1 Å². The van der Waals surface area contributed by atoms with E-state index in [0.29, 0.717) is 18.0 Å². The molecule has 2 aliphatic rings. The van der Waals surface area contributed by atoms with Crippen LogP contribution in [0, 0.1) is 0 Å². The van der Waals surface area contributed by atoms with E-state index in [1.807, 2.05) is 18.2 Å². The third-order valence-electron chi connectivity index (χ3n) is 4.63. The summed E-state index contributed by atoms with van der Waals surface area (Å²) < 4.78 is 5.22. The SMILES string of the molecule is CN1Cc2cc(NC(=O)c3cccc4c3CCC4)ccc2OC1=O. The fourth-order valence-electron chi connectivity index (χ4n) is 3.40. The van der Waals surface area contributed by atoms with Crippen molar-refractivity contribution in [1.82, 2.24) is 4.90 Å². The summed E-state index contributed by atoms with van der Waals surface area (Å²) in [6.07, 6.45) is 2.76. The predicted octanol–water partition coefficient (Wildman–Crippen LogP) is 3.37. The second kappa shape index (κ2) is 5.67. The van der Waals surface area contributed by atoms with Gasteiger partial charge in [-0.1, -0.05) is 12.1 Å². The van der Waals surface area contributed by atoms with Crippen LogP contribution in [0.3, 0.4) is 0 Å². The van der Waals surface area contributed by atoms with Gasteiger partial charge in [0.15, 0.2) is 0 Å². The van der Waals surface area contributed by atoms with Crippen molar-refractivity contribution in [2.75, 3.05) is 12.4 Å². The van der Waals surface area contributed by atoms with Gasteiger partial charge in [0.25, 0.3) is 5.91 Å². The molecule has 2 aromatic carbocycles. The molecule has 2 amide bonds. The number of amides is 2. The molecule has 1 heterocycles. The first kappa shape index (κ1) is 14.8. The minimum absolute atomic E-state index is 0.0881. The van der Waals surface area contributed by atoms with E-state index in [2.05, 4.69) is 11.4 Å². The monoisotopic (exact) mass is 322 g/mol. The molecule has 0 fully saturated rings. The standard InChI is InChI=1S/C19H18N2O3/c1-21-11-13-10-14(8-9-17(13)24-19(21)23)20-18(22)16-7-3-5-12-4-2-6-15(12)16/h3,5,7-10H,2,4,6,11H2,1H3,(H,20,22). The first-order chi connectivity index (χ1) is 11.6. The molecule has 122 valence electrons. The Balaban J connectivity index is 1.58. The van der Waals surface area contributed by atoms with Gasteiger partial charge < -0.3 is 15.0 Å². The molecule has 0 radical (unpaired) electrons. The molecule has 0 atom stereocenters. The van der Waals surface area contributed by atoms with Crippen LogP contribution in [0.25, 0.3) is 0 Å². The van der Waals surface area contributed by atoms with Gasteiger partial charge in [-0.2, -0.15) is 0 Å². The molecule has 5 nitrogen and oxygen atoms in total. The summed E-state index contributed by atoms with van der Waals surface area (Å²) in [5.74, 6) is 0.464. The minimum Gasteiger partial charge on any atom is -0.410 e. The normalized spacial score (nSPS) is 15.5. The third-order valence-corrected chi connectivity index (χ3v) is 4.63. The highest BCUT2D eigenvalue weighted by molar-refractivity contribution is 6.05. The number of rotatable bonds is 2. The van der Waals surface area contributed by atoms with E-state index in [-0.39, 0.29) is 12.0 Å². The first-order valence-electron chi connectivity index (χ1n) is 8.10. The number of fused-ring (bicyclic) bond motifs is 2. The van der Waals surface area contributed by atoms with Gasteiger partial charge in [-0.15, -0.1) is 0 Å². The van der Waals surface area contributed by atoms with Crippen molar-refractivity contribution in [2.24, 2.45) is 0 Å². The Labute approximate surface area is 140 Å². The molecule has 4 rings (SSSR count). The van der Waals surface area contributed by atoms with Crippen molar-refractivity contribution < 1.29 is 14.3 Å². The number of aryl methyl sites for hydroxylation is 1. The molecular formula is C19H18N2O3. The van der Waals surface area contributed by atoms with Gasteiger partial charge in [0, 0.05) is 23.9 Å². The first-order valence-corrected chi connectivity index (χ1v) is 8.10. The Hall–Kier alpha value is -2.82. The largest absolute Gasteiger partial charge is 0.415 e. The average molecular weight is 322 g/mol. The van der Waals surface area contributed by atoms with E-state index in [1.54, 1.807) is 19.2 Å². The van der Waals surface area contributed by atoms with Crippen molar-refractivity contribution >= 4 is 17.7 Å². The molecule has 0 unspecified atom stereocenters. The average Bonchev–Trinajstić information content (AvgIpc) is 3.04. The molecule has 1 N–H and O–H groups in total. The van der Waals surface area contributed by atoms with Crippen molar-refractivity contribution in [1.29, 1.82) is 0 Å². The zero-order chi connectivity index (χ0) is 16.7. The second-order valence-corrected chi connectivity index (χ2v) is 6.30. The minimum atomic E-state index is -0.362. The van der Waals surface area contributed by atoms with Gasteiger partial charge in [-0.05, 0) is 54.7 Å². The molecule has 1 aliphatic heterocycles. The number of ether oxygens (including phenoxy) is 1. The number of hydrogen-bond acceptors (Lipinski definition) is 3. The summed E-state index contributed by atoms with van der Waals surface area (Å²) in [7, 11) is 1.68. The highest BCUT2D eigenvalue weighted by Gasteiger charge is 2.23. The molecule has 0 saturated carbocycles. The highest BCUT2D eigenvalue weighted by atomic mass is 16.6. The number of carbonyl (C=O) groups excluding carboxylic acids is 2. The highest BCUT2D eigenvalue weighted by Crippen LogP contribution is 2.29. The Kier molecular flexibility index (Phi) is 3.49. The van der Waals surface area contributed by atoms with Gasteiger partial charge >= 0.3 is 6.09 Å². The molecule has 0 spiro atoms. The molecule has 0 bridgehead atoms. The second-order valence-electron chi connectivity index (χ2n) is 6.30. The Morgan fingerprint density at radius 1 is 1.17 bits per heavy atom. The maximum atomic E-state index is 12.7. The van der Waals surface area contributed by atoms with Crippen molar-refractivity contribution in [3.63, 3.8) is 0 Å². The Morgan fingerprint density at radius 3 is 2.92 bits per heavy atom. The summed E-state index contributed by atoms with van der Waals surface area (Å²) >= 11 is 0. The van der Waals surface area contributed by atoms with Crippen LogP contribution >= 0.6 is 0 Å². The Morgan fingerprint density at radius 2 is 2.04 bits per heavy atom. The van der Waals surface area contributed by atoms with Crippen LogP contribution in [-0.2, 0) is 19.4 Å². The van der Waals surface area contributed by atoms with Gasteiger partial charge in [0.1, 0.15) is 5.75 Å². The van der Waals surface area contributed by atoms with Gasteiger partial charge in [0.05, 0.1) is 6.54 Å². The van der Waals surface area contributed by atoms with Crippen molar-refractivity contribution in [2.45, 2.75) is 25.8 Å². The van der Waals surface area contributed by atoms with Crippen LogP contribution in [-0.4, -0.2) is 23.9 Å². The summed E-state index contributed by atoms with van der Waals surface area (Å²) in [4.78, 5) is 25.7. The Bertz CT molecular complexity index is 845. The molecular weight excluding hydrogens is 304 g/mol. The van der Waals surface area contributed by atoms with Crippen LogP contribution in [0.5, 0.6) is 5.75 Å². The summed E-state index contributed by atoms with van der Waals surface area (Å²) in [6.45, 7) is 0.471. The number of carbonyl (C=O) groups is 2. The van der Waals surface area contributed by atoms with Crippen LogP contribution in [0.4, 0.5) is 10.5 Å². The quantitative estimate of drug-likeness (QED) is 0.922. The lowest BCUT2D eigenvalue weighted by molar-refractivity contribution is 0.102. The van der Waals surface area contributed by atoms with E-state index in [9.17, 15) is 9.59 Å². The zero-order valence-corrected chi connectivity index (χ0v) is 13.5. The van der Waals surface area contributed by atoms with Gasteiger partial charge in [0.2, 0.25) is 0 Å². The van der Waals surface area contributed by atoms with Crippen LogP contribution in [0.1, 0.15) is 33.5 Å². The third kappa shape index (κ3) is 2.52. The van der Waals surface area contributed by atoms with E-state index in [1.165, 1.54) is 16.0 Å². The zero-order valence-electron chi connectivity index (χ0n) is 13.5. The number of nitrogens with one attached hydrogen (secondary N) is 1. The van der Waals surface area contributed by atoms with Crippen LogP contribution in [0.15, 0.2) is 36.4 Å². The summed E-state index contributed by atoms with van der Waals surface area (Å²) in [6, 6.07) is 11.3. The van der Waals surface area contributed by atoms with Crippen LogP contribution in [0.2, 0.25) is 0 Å². The maximum absolute atomic E-state index is 12.7. The van der Waals surface area contributed by atoms with Gasteiger partial charge in [-0.25, -0.2) is 4.79 Å². The molecule has 5 heteroatoms. The number of nitrogens with zero attached hydrogens (tertiary/aromatic N) is 1. The van der Waals surface area contributed by atoms with Crippen molar-refractivity contribution in [3.8, 4) is 5.75 Å². The molecule has 0 saturated heterocycles. The number of hydrogen-bond donors (Lipinski definition) is 1. The number of benzene rings is 2. The van der Waals surface area contributed by atoms with E-state index in [4.69, 9.17) is 4.74 Å². The van der Waals surface area contributed by atoms with Gasteiger partial charge in [-0.3, -0.25) is 4.79 Å². The number of anilines is 1. The molecule has 24 heavy (non-hydrogen) atoms. The van der Waals surface area contributed by atoms with E-state index >= 15 is 0 Å². The predicted molar refractivity (Wildman–Crippen MR) is 90.4 cm³/mol. The lowest BCUT2D eigenvalue weighted by Crippen LogP contribution is -2.33. The van der Waals surface area contributed by atoms with E-state index in [0.717, 1.165) is 30.4 Å². The molecule has 1 aliphatic carbocycles. The van der Waals surface area contributed by atoms with E-state index < -0.39 is 0 Å². The molecule has 2 aromatic rings. The topological polar surface area (TPSA) is 58.6 Å². The lowest BCUT2D eigenvalue weighted by atomic mass is 10.0. The fourth-order valence-corrected chi connectivity index (χ4v) is 3.40. The van der Waals surface area contributed by atoms with Crippen molar-refractivity contribution in [3.05, 3.63) is 58.7 Å². The smallest absolute Gasteiger partial charge is 0.410 e. The summed E-state index contributed by atoms with van der Waals surface area (Å²) in [5, 5.41) is 2.97. The molecule has 0 aromatic heterocycles. The summed E-state index contributed by atoms with van der Waals surface area (Å²) in [5.41, 5.74) is 4.79.